The van der Waals surface area contributed by atoms with Crippen molar-refractivity contribution in [2.45, 2.75) is 25.5 Å². The van der Waals surface area contributed by atoms with Crippen molar-refractivity contribution in [3.63, 3.8) is 0 Å². The minimum Gasteiger partial charge on any atom is -0.478 e. The van der Waals surface area contributed by atoms with Gasteiger partial charge >= 0.3 is 18.1 Å². The number of carboxylic acid groups (broad SMARTS) is 1. The number of hydrogen-bond acceptors (Lipinski definition) is 5. The number of benzene rings is 4. The molecular weight excluding hydrogens is 572 g/mol. The van der Waals surface area contributed by atoms with Gasteiger partial charge in [-0.3, -0.25) is 4.79 Å². The second-order valence-electron chi connectivity index (χ2n) is 9.97. The van der Waals surface area contributed by atoms with Gasteiger partial charge in [-0.05, 0) is 59.4 Å². The van der Waals surface area contributed by atoms with Crippen molar-refractivity contribution in [3.05, 3.63) is 126 Å². The molecule has 10 nitrogen and oxygen atoms in total. The molecule has 0 heterocycles. The smallest absolute Gasteiger partial charge is 0.407 e. The van der Waals surface area contributed by atoms with Crippen molar-refractivity contribution in [1.82, 2.24) is 10.6 Å². The first kappa shape index (κ1) is 32.0. The minimum absolute atomic E-state index is 0.126. The van der Waals surface area contributed by atoms with Gasteiger partial charge in [0.25, 0.3) is 0 Å². The predicted octanol–water partition coefficient (Wildman–Crippen LogP) is 6.29. The van der Waals surface area contributed by atoms with E-state index in [2.05, 4.69) is 21.3 Å². The van der Waals surface area contributed by atoms with Crippen molar-refractivity contribution in [3.8, 4) is 11.1 Å². The van der Waals surface area contributed by atoms with Crippen LogP contribution in [-0.2, 0) is 20.9 Å². The Kier molecular flexibility index (Phi) is 11.9. The van der Waals surface area contributed by atoms with Crippen LogP contribution in [0.5, 0.6) is 0 Å². The van der Waals surface area contributed by atoms with Crippen LogP contribution in [0.2, 0.25) is 0 Å². The molecule has 0 aromatic heterocycles. The summed E-state index contributed by atoms with van der Waals surface area (Å²) < 4.78 is 5.22. The van der Waals surface area contributed by atoms with Gasteiger partial charge in [0.15, 0.2) is 0 Å². The monoisotopic (exact) mass is 606 g/mol. The highest BCUT2D eigenvalue weighted by molar-refractivity contribution is 6.00. The first-order valence-electron chi connectivity index (χ1n) is 14.4. The van der Waals surface area contributed by atoms with E-state index in [1.165, 1.54) is 6.08 Å². The second-order valence-corrected chi connectivity index (χ2v) is 9.97. The zero-order chi connectivity index (χ0) is 31.9. The molecule has 0 fully saturated rings. The third kappa shape index (κ3) is 10.7. The van der Waals surface area contributed by atoms with E-state index < -0.39 is 30.0 Å². The van der Waals surface area contributed by atoms with E-state index in [4.69, 9.17) is 9.84 Å². The highest BCUT2D eigenvalue weighted by Gasteiger charge is 2.22. The molecule has 45 heavy (non-hydrogen) atoms. The molecule has 4 rings (SSSR count). The Bertz CT molecular complexity index is 1610. The van der Waals surface area contributed by atoms with Gasteiger partial charge in [-0.15, -0.1) is 0 Å². The van der Waals surface area contributed by atoms with Crippen LogP contribution in [0.25, 0.3) is 17.2 Å². The lowest BCUT2D eigenvalue weighted by Gasteiger charge is -2.20. The molecule has 230 valence electrons. The van der Waals surface area contributed by atoms with Crippen molar-refractivity contribution >= 4 is 41.5 Å². The molecule has 0 spiro atoms. The van der Waals surface area contributed by atoms with Crippen LogP contribution in [0.15, 0.2) is 115 Å². The van der Waals surface area contributed by atoms with Crippen molar-refractivity contribution in [1.29, 1.82) is 0 Å². The summed E-state index contributed by atoms with van der Waals surface area (Å²) >= 11 is 0. The zero-order valence-corrected chi connectivity index (χ0v) is 24.4. The van der Waals surface area contributed by atoms with Crippen LogP contribution in [0.4, 0.5) is 21.0 Å². The zero-order valence-electron chi connectivity index (χ0n) is 24.4. The molecule has 4 amide bonds. The Labute approximate surface area is 261 Å². The summed E-state index contributed by atoms with van der Waals surface area (Å²) in [6.07, 6.45) is 2.30. The number of nitrogens with one attached hydrogen (secondary N) is 4. The molecule has 1 atom stereocenters. The highest BCUT2D eigenvalue weighted by atomic mass is 16.5. The Hall–Kier alpha value is -5.90. The summed E-state index contributed by atoms with van der Waals surface area (Å²) in [5.41, 5.74) is 4.29. The molecule has 0 radical (unpaired) electrons. The molecule has 0 aliphatic rings. The Morgan fingerprint density at radius 1 is 0.756 bits per heavy atom. The summed E-state index contributed by atoms with van der Waals surface area (Å²) in [4.78, 5) is 49.5. The molecule has 10 heteroatoms. The first-order chi connectivity index (χ1) is 21.9. The average molecular weight is 607 g/mol. The normalized spacial score (nSPS) is 11.3. The number of aliphatic carboxylic acids is 1. The maximum absolute atomic E-state index is 13.4. The number of amides is 4. The molecule has 0 bridgehead atoms. The maximum atomic E-state index is 13.4. The summed E-state index contributed by atoms with van der Waals surface area (Å²) in [7, 11) is 0. The molecule has 0 aliphatic heterocycles. The lowest BCUT2D eigenvalue weighted by Crippen LogP contribution is -2.46. The lowest BCUT2D eigenvalue weighted by atomic mass is 10.1. The minimum atomic E-state index is -1.13. The fourth-order valence-electron chi connectivity index (χ4n) is 4.38. The van der Waals surface area contributed by atoms with E-state index >= 15 is 0 Å². The van der Waals surface area contributed by atoms with Crippen LogP contribution in [-0.4, -0.2) is 41.7 Å². The molecule has 4 aromatic carbocycles. The molecule has 0 saturated heterocycles. The van der Waals surface area contributed by atoms with Crippen LogP contribution >= 0.6 is 0 Å². The number of alkyl carbamates (subject to hydrolysis) is 1. The lowest BCUT2D eigenvalue weighted by molar-refractivity contribution is -0.131. The van der Waals surface area contributed by atoms with E-state index in [0.717, 1.165) is 22.8 Å². The third-order valence-corrected chi connectivity index (χ3v) is 6.65. The maximum Gasteiger partial charge on any atom is 0.407 e. The van der Waals surface area contributed by atoms with Crippen LogP contribution in [0.3, 0.4) is 0 Å². The number of carboxylic acids is 1. The van der Waals surface area contributed by atoms with E-state index in [0.29, 0.717) is 23.4 Å². The molecule has 4 aromatic rings. The fraction of sp³-hybridized carbons (Fsp3) is 0.143. The number of carbonyl (C=O) groups excluding carboxylic acids is 3. The van der Waals surface area contributed by atoms with Crippen LogP contribution < -0.4 is 21.3 Å². The molecule has 0 saturated carbocycles. The first-order valence-corrected chi connectivity index (χ1v) is 14.4. The summed E-state index contributed by atoms with van der Waals surface area (Å²) in [5, 5.41) is 19.9. The molecule has 0 unspecified atom stereocenters. The van der Waals surface area contributed by atoms with E-state index in [-0.39, 0.29) is 19.6 Å². The van der Waals surface area contributed by atoms with E-state index in [1.54, 1.807) is 36.4 Å². The second kappa shape index (κ2) is 16.7. The van der Waals surface area contributed by atoms with Gasteiger partial charge in [0, 0.05) is 24.0 Å². The number of carbonyl (C=O) groups is 4. The van der Waals surface area contributed by atoms with Gasteiger partial charge in [-0.2, -0.15) is 0 Å². The van der Waals surface area contributed by atoms with Crippen molar-refractivity contribution in [2.75, 3.05) is 17.2 Å². The molecular formula is C35H34N4O6. The van der Waals surface area contributed by atoms with Gasteiger partial charge in [0.2, 0.25) is 5.91 Å². The number of para-hydroxylation sites is 1. The van der Waals surface area contributed by atoms with Crippen molar-refractivity contribution in [2.24, 2.45) is 0 Å². The fourth-order valence-corrected chi connectivity index (χ4v) is 4.38. The van der Waals surface area contributed by atoms with Gasteiger partial charge in [-0.1, -0.05) is 91.0 Å². The van der Waals surface area contributed by atoms with Crippen LogP contribution in [0.1, 0.15) is 24.0 Å². The molecule has 5 N–H and O–H groups in total. The number of ether oxygens (including phenoxy) is 1. The Balaban J connectivity index is 1.37. The number of rotatable bonds is 13. The van der Waals surface area contributed by atoms with Gasteiger partial charge in [0.1, 0.15) is 12.6 Å². The highest BCUT2D eigenvalue weighted by Crippen LogP contribution is 2.21. The predicted molar refractivity (Wildman–Crippen MR) is 173 cm³/mol. The van der Waals surface area contributed by atoms with E-state index in [1.807, 2.05) is 72.8 Å². The summed E-state index contributed by atoms with van der Waals surface area (Å²) in [6.45, 7) is 0.334. The van der Waals surface area contributed by atoms with Gasteiger partial charge in [0.05, 0.1) is 0 Å². The van der Waals surface area contributed by atoms with Gasteiger partial charge < -0.3 is 31.1 Å². The number of hydrogen-bond donors (Lipinski definition) is 5. The molecule has 0 aliphatic carbocycles. The van der Waals surface area contributed by atoms with Crippen molar-refractivity contribution < 1.29 is 29.0 Å². The Morgan fingerprint density at radius 2 is 1.40 bits per heavy atom. The SMILES string of the molecule is O=C(O)/C=C/c1ccccc1NC(=O)[C@H](CCCNC(=O)OCc1ccccc1)NC(=O)Nc1ccc(-c2ccccc2)cc1. The topological polar surface area (TPSA) is 146 Å². The third-order valence-electron chi connectivity index (χ3n) is 6.65. The standard InChI is InChI=1S/C35H34N4O6/c40-32(41)22-19-28-14-7-8-15-30(28)38-33(42)31(16-9-23-36-35(44)45-24-25-10-3-1-4-11-25)39-34(43)37-29-20-17-27(18-21-29)26-12-5-2-6-13-26/h1-8,10-15,17-22,31H,9,16,23-24H2,(H,36,44)(H,38,42)(H,40,41)(H2,37,39,43)/b22-19+/t31-/m0/s1. The number of urea groups is 1. The largest absolute Gasteiger partial charge is 0.478 e. The van der Waals surface area contributed by atoms with E-state index in [9.17, 15) is 19.2 Å². The Morgan fingerprint density at radius 3 is 2.11 bits per heavy atom. The summed E-state index contributed by atoms with van der Waals surface area (Å²) in [6, 6.07) is 31.6. The average Bonchev–Trinajstić information content (AvgIpc) is 3.06. The van der Waals surface area contributed by atoms with Crippen LogP contribution in [0, 0.1) is 0 Å². The van der Waals surface area contributed by atoms with Gasteiger partial charge in [-0.25, -0.2) is 14.4 Å². The summed E-state index contributed by atoms with van der Waals surface area (Å²) in [5.74, 6) is -1.63. The quantitative estimate of drug-likeness (QED) is 0.0894. The number of anilines is 2.